The van der Waals surface area contributed by atoms with Crippen molar-refractivity contribution in [1.82, 2.24) is 0 Å². The number of amides is 1. The zero-order chi connectivity index (χ0) is 40.3. The summed E-state index contributed by atoms with van der Waals surface area (Å²) < 4.78 is 11.0. The monoisotopic (exact) mass is 737 g/mol. The van der Waals surface area contributed by atoms with Crippen LogP contribution in [0.3, 0.4) is 0 Å². The third-order valence-corrected chi connectivity index (χ3v) is 8.27. The first-order chi connectivity index (χ1) is 26.1. The van der Waals surface area contributed by atoms with E-state index in [1.807, 2.05) is 42.2 Å². The van der Waals surface area contributed by atoms with E-state index in [9.17, 15) is 30.2 Å². The fourth-order valence-electron chi connectivity index (χ4n) is 5.12. The summed E-state index contributed by atoms with van der Waals surface area (Å²) in [6.07, 6.45) is 3.17. The molecule has 0 aromatic heterocycles. The van der Waals surface area contributed by atoms with Gasteiger partial charge in [-0.1, -0.05) is 35.9 Å². The predicted octanol–water partition coefficient (Wildman–Crippen LogP) is 8.58. The average Bonchev–Trinajstić information content (AvgIpc) is 3.43. The van der Waals surface area contributed by atoms with Crippen molar-refractivity contribution in [3.05, 3.63) is 112 Å². The molecule has 0 spiro atoms. The Labute approximate surface area is 321 Å². The normalized spacial score (nSPS) is 13.1. The lowest BCUT2D eigenvalue weighted by Crippen LogP contribution is -2.34. The van der Waals surface area contributed by atoms with Crippen molar-refractivity contribution < 1.29 is 23.9 Å². The number of esters is 2. The summed E-state index contributed by atoms with van der Waals surface area (Å²) in [5.41, 5.74) is 2.47. The smallest absolute Gasteiger partial charge is 0.311 e. The van der Waals surface area contributed by atoms with Crippen molar-refractivity contribution in [2.24, 2.45) is 21.1 Å². The van der Waals surface area contributed by atoms with Gasteiger partial charge < -0.3 is 14.4 Å². The van der Waals surface area contributed by atoms with Gasteiger partial charge in [0.05, 0.1) is 52.1 Å². The fourth-order valence-corrected chi connectivity index (χ4v) is 5.12. The Balaban J connectivity index is 1.47. The number of carbonyl (C=O) groups is 3. The predicted molar refractivity (Wildman–Crippen MR) is 209 cm³/mol. The number of anilines is 2. The van der Waals surface area contributed by atoms with Crippen LogP contribution in [0, 0.1) is 51.7 Å². The number of nitrogens with zero attached hydrogens (tertiary/aromatic N) is 7. The minimum Gasteiger partial charge on any atom is -0.463 e. The minimum absolute atomic E-state index is 0.0410. The topological polar surface area (TPSA) is 172 Å². The first-order valence-electron chi connectivity index (χ1n) is 17.6. The first kappa shape index (κ1) is 40.9. The summed E-state index contributed by atoms with van der Waals surface area (Å²) in [6, 6.07) is 27.0. The quantitative estimate of drug-likeness (QED) is 0.100. The van der Waals surface area contributed by atoms with Crippen molar-refractivity contribution in [2.75, 3.05) is 36.1 Å². The molecule has 3 aromatic rings. The highest BCUT2D eigenvalue weighted by Gasteiger charge is 2.37. The molecule has 0 aliphatic carbocycles. The number of benzene rings is 3. The first-order valence-corrected chi connectivity index (χ1v) is 17.6. The summed E-state index contributed by atoms with van der Waals surface area (Å²) in [6.45, 7) is 13.8. The van der Waals surface area contributed by atoms with E-state index in [-0.39, 0.29) is 47.6 Å². The van der Waals surface area contributed by atoms with E-state index in [2.05, 4.69) is 10.2 Å². The maximum Gasteiger partial charge on any atom is 0.311 e. The van der Waals surface area contributed by atoms with Gasteiger partial charge in [-0.05, 0) is 109 Å². The Morgan fingerprint density at radius 2 is 1.24 bits per heavy atom. The number of nitriles is 3. The van der Waals surface area contributed by atoms with E-state index in [1.54, 1.807) is 108 Å². The molecule has 1 aliphatic heterocycles. The Bertz CT molecular complexity index is 2120. The van der Waals surface area contributed by atoms with Crippen LogP contribution in [-0.2, 0) is 23.9 Å². The molecule has 0 saturated heterocycles. The molecule has 55 heavy (non-hydrogen) atoms. The molecule has 1 heterocycles. The molecule has 1 amide bonds. The molecular formula is C43H43N7O5. The van der Waals surface area contributed by atoms with E-state index in [1.165, 1.54) is 11.0 Å². The van der Waals surface area contributed by atoms with Gasteiger partial charge in [0.15, 0.2) is 5.57 Å². The third kappa shape index (κ3) is 10.6. The Morgan fingerprint density at radius 1 is 0.745 bits per heavy atom. The van der Waals surface area contributed by atoms with Gasteiger partial charge >= 0.3 is 11.9 Å². The molecule has 3 aromatic carbocycles. The van der Waals surface area contributed by atoms with Crippen molar-refractivity contribution >= 4 is 46.7 Å². The second-order valence-corrected chi connectivity index (χ2v) is 14.7. The van der Waals surface area contributed by atoms with Crippen molar-refractivity contribution in [1.29, 1.82) is 15.8 Å². The van der Waals surface area contributed by atoms with E-state index in [0.29, 0.717) is 35.7 Å². The standard InChI is InChI=1S/C43H43N7O5/c1-29-8-17-35(18-9-29)50-38(31(26-44)27-45)37(28-46)36(39(50)51)21-12-30-10-13-32(14-11-30)47-48-33-15-19-34(20-16-33)49(22-24-54-40(52)42(2,3)4)23-25-55-41(53)43(5,6)7/h8-21H,22-25H2,1-7H3/b21-12+,48-47+. The SMILES string of the molecule is Cc1ccc(N2C(=O)C(/C=C/c3ccc(/N=N/c4ccc(N(CCOC(=O)C(C)(C)C)CCOC(=O)C(C)(C)C)cc4)cc3)=C(C#N)C2=C(C#N)C#N)cc1. The molecule has 0 saturated carbocycles. The molecule has 0 unspecified atom stereocenters. The van der Waals surface area contributed by atoms with Crippen LogP contribution in [0.4, 0.5) is 22.7 Å². The summed E-state index contributed by atoms with van der Waals surface area (Å²) in [4.78, 5) is 41.4. The zero-order valence-corrected chi connectivity index (χ0v) is 32.1. The Kier molecular flexibility index (Phi) is 13.2. The average molecular weight is 738 g/mol. The summed E-state index contributed by atoms with van der Waals surface area (Å²) >= 11 is 0. The number of carbonyl (C=O) groups excluding carboxylic acids is 3. The molecule has 4 rings (SSSR count). The van der Waals surface area contributed by atoms with Gasteiger partial charge in [0, 0.05) is 11.4 Å². The lowest BCUT2D eigenvalue weighted by molar-refractivity contribution is -0.152. The summed E-state index contributed by atoms with van der Waals surface area (Å²) in [5.74, 6) is -1.13. The second kappa shape index (κ2) is 17.8. The van der Waals surface area contributed by atoms with Crippen LogP contribution in [0.25, 0.3) is 6.08 Å². The molecule has 0 fully saturated rings. The zero-order valence-electron chi connectivity index (χ0n) is 32.1. The fraction of sp³-hybridized carbons (Fsp3) is 0.302. The molecule has 1 aliphatic rings. The van der Waals surface area contributed by atoms with Gasteiger partial charge in [-0.15, -0.1) is 0 Å². The molecular weight excluding hydrogens is 695 g/mol. The van der Waals surface area contributed by atoms with Crippen LogP contribution >= 0.6 is 0 Å². The highest BCUT2D eigenvalue weighted by molar-refractivity contribution is 6.16. The molecule has 0 atom stereocenters. The number of hydrogen-bond acceptors (Lipinski definition) is 11. The lowest BCUT2D eigenvalue weighted by atomic mass is 9.97. The molecule has 280 valence electrons. The van der Waals surface area contributed by atoms with Crippen LogP contribution in [0.5, 0.6) is 0 Å². The Morgan fingerprint density at radius 3 is 1.69 bits per heavy atom. The van der Waals surface area contributed by atoms with Gasteiger partial charge in [0.25, 0.3) is 5.91 Å². The highest BCUT2D eigenvalue weighted by atomic mass is 16.5. The van der Waals surface area contributed by atoms with Gasteiger partial charge in [0.2, 0.25) is 0 Å². The van der Waals surface area contributed by atoms with Gasteiger partial charge in [-0.25, -0.2) is 0 Å². The lowest BCUT2D eigenvalue weighted by Gasteiger charge is -2.26. The Hall–Kier alpha value is -6.84. The van der Waals surface area contributed by atoms with Crippen LogP contribution < -0.4 is 9.80 Å². The maximum absolute atomic E-state index is 13.6. The second-order valence-electron chi connectivity index (χ2n) is 14.7. The molecule has 12 nitrogen and oxygen atoms in total. The van der Waals surface area contributed by atoms with E-state index in [0.717, 1.165) is 11.3 Å². The number of rotatable bonds is 12. The summed E-state index contributed by atoms with van der Waals surface area (Å²) in [5, 5.41) is 38.0. The number of ether oxygens (including phenoxy) is 2. The van der Waals surface area contributed by atoms with Crippen LogP contribution in [0.1, 0.15) is 52.7 Å². The van der Waals surface area contributed by atoms with Gasteiger partial charge in [0.1, 0.15) is 31.4 Å². The van der Waals surface area contributed by atoms with Crippen molar-refractivity contribution in [3.63, 3.8) is 0 Å². The van der Waals surface area contributed by atoms with Crippen LogP contribution in [-0.4, -0.2) is 44.1 Å². The number of allylic oxidation sites excluding steroid dienone is 2. The molecule has 12 heteroatoms. The van der Waals surface area contributed by atoms with E-state index < -0.39 is 16.7 Å². The number of hydrogen-bond donors (Lipinski definition) is 0. The van der Waals surface area contributed by atoms with Gasteiger partial charge in [-0.2, -0.15) is 26.0 Å². The molecule has 0 radical (unpaired) electrons. The highest BCUT2D eigenvalue weighted by Crippen LogP contribution is 2.37. The minimum atomic E-state index is -0.622. The van der Waals surface area contributed by atoms with E-state index >= 15 is 0 Å². The maximum atomic E-state index is 13.6. The number of aryl methyl sites for hydroxylation is 1. The van der Waals surface area contributed by atoms with Crippen LogP contribution in [0.15, 0.2) is 112 Å². The van der Waals surface area contributed by atoms with Crippen LogP contribution in [0.2, 0.25) is 0 Å². The molecule has 0 bridgehead atoms. The molecule has 0 N–H and O–H groups in total. The van der Waals surface area contributed by atoms with E-state index in [4.69, 9.17) is 9.47 Å². The largest absolute Gasteiger partial charge is 0.463 e. The number of azo groups is 1. The summed E-state index contributed by atoms with van der Waals surface area (Å²) in [7, 11) is 0. The van der Waals surface area contributed by atoms with Gasteiger partial charge in [-0.3, -0.25) is 19.3 Å². The van der Waals surface area contributed by atoms with Crippen molar-refractivity contribution in [3.8, 4) is 18.2 Å². The third-order valence-electron chi connectivity index (χ3n) is 8.27. The van der Waals surface area contributed by atoms with Crippen molar-refractivity contribution in [2.45, 2.75) is 48.5 Å².